The number of anilines is 1. The first-order valence-corrected chi connectivity index (χ1v) is 13.0. The Morgan fingerprint density at radius 1 is 1.21 bits per heavy atom. The SMILES string of the molecule is COc1cc2[nH]nc(-c3cnc(N4CC[C@@H](C(C)(C)O)C4)c(C#N)c3)c2cc1O[C@H](C)c1c(C)cnnc1C. The number of aromatic amines is 1. The molecule has 3 aromatic heterocycles. The standard InChI is InChI=1S/C29H33N7O3/c1-16-13-32-33-17(2)26(16)18(3)39-25-10-22-23(11-24(25)38-6)34-35-27(22)20-9-19(12-30)28(31-14-20)36-8-7-21(15-36)29(4,5)37/h9-11,13-14,18,21,37H,7-8,15H2,1-6H3,(H,34,35)/t18-,21-/m1/s1. The molecule has 0 aliphatic carbocycles. The van der Waals surface area contributed by atoms with E-state index < -0.39 is 5.60 Å². The smallest absolute Gasteiger partial charge is 0.162 e. The molecule has 2 N–H and O–H groups in total. The van der Waals surface area contributed by atoms with Gasteiger partial charge in [0.2, 0.25) is 0 Å². The van der Waals surface area contributed by atoms with Gasteiger partial charge in [-0.1, -0.05) is 0 Å². The van der Waals surface area contributed by atoms with Gasteiger partial charge in [0.05, 0.1) is 35.7 Å². The number of fused-ring (bicyclic) bond motifs is 1. The average Bonchev–Trinajstić information content (AvgIpc) is 3.55. The Kier molecular flexibility index (Phi) is 6.87. The van der Waals surface area contributed by atoms with Gasteiger partial charge >= 0.3 is 0 Å². The van der Waals surface area contributed by atoms with Crippen molar-refractivity contribution < 1.29 is 14.6 Å². The zero-order chi connectivity index (χ0) is 27.9. The fraction of sp³-hybridized carbons (Fsp3) is 0.414. The van der Waals surface area contributed by atoms with Crippen LogP contribution in [0.1, 0.15) is 55.7 Å². The molecule has 202 valence electrons. The van der Waals surface area contributed by atoms with Gasteiger partial charge in [0, 0.05) is 47.8 Å². The van der Waals surface area contributed by atoms with Crippen molar-refractivity contribution >= 4 is 16.7 Å². The second-order valence-electron chi connectivity index (χ2n) is 10.7. The molecule has 1 aromatic carbocycles. The zero-order valence-electron chi connectivity index (χ0n) is 23.1. The average molecular weight is 528 g/mol. The number of hydrogen-bond donors (Lipinski definition) is 2. The number of rotatable bonds is 7. The highest BCUT2D eigenvalue weighted by molar-refractivity contribution is 5.95. The minimum atomic E-state index is -0.779. The third-order valence-electron chi connectivity index (χ3n) is 7.58. The molecule has 0 amide bonds. The molecule has 1 aliphatic rings. The summed E-state index contributed by atoms with van der Waals surface area (Å²) < 4.78 is 12.0. The summed E-state index contributed by atoms with van der Waals surface area (Å²) in [6.45, 7) is 10.9. The van der Waals surface area contributed by atoms with Crippen molar-refractivity contribution in [1.29, 1.82) is 5.26 Å². The number of nitriles is 1. The van der Waals surface area contributed by atoms with Crippen LogP contribution in [0.2, 0.25) is 0 Å². The van der Waals surface area contributed by atoms with Gasteiger partial charge in [0.15, 0.2) is 11.5 Å². The fourth-order valence-electron chi connectivity index (χ4n) is 5.42. The summed E-state index contributed by atoms with van der Waals surface area (Å²) in [4.78, 5) is 6.75. The van der Waals surface area contributed by atoms with Crippen LogP contribution < -0.4 is 14.4 Å². The number of aromatic nitrogens is 5. The van der Waals surface area contributed by atoms with Gasteiger partial charge in [-0.25, -0.2) is 4.98 Å². The molecule has 4 aromatic rings. The van der Waals surface area contributed by atoms with Crippen molar-refractivity contribution in [3.05, 3.63) is 53.0 Å². The van der Waals surface area contributed by atoms with Crippen molar-refractivity contribution in [2.24, 2.45) is 5.92 Å². The third-order valence-corrected chi connectivity index (χ3v) is 7.58. The largest absolute Gasteiger partial charge is 0.493 e. The molecule has 0 saturated carbocycles. The second kappa shape index (κ2) is 10.2. The lowest BCUT2D eigenvalue weighted by molar-refractivity contribution is 0.0263. The van der Waals surface area contributed by atoms with Gasteiger partial charge in [-0.3, -0.25) is 5.10 Å². The summed E-state index contributed by atoms with van der Waals surface area (Å²) in [6, 6.07) is 7.87. The van der Waals surface area contributed by atoms with Crippen LogP contribution in [0.25, 0.3) is 22.2 Å². The summed E-state index contributed by atoms with van der Waals surface area (Å²) in [5.74, 6) is 1.88. The topological polar surface area (TPSA) is 133 Å². The molecule has 1 fully saturated rings. The normalized spacial score (nSPS) is 16.4. The molecule has 39 heavy (non-hydrogen) atoms. The van der Waals surface area contributed by atoms with Gasteiger partial charge in [-0.2, -0.15) is 20.6 Å². The summed E-state index contributed by atoms with van der Waals surface area (Å²) in [5.41, 5.74) is 4.63. The number of aliphatic hydroxyl groups is 1. The molecular formula is C29H33N7O3. The van der Waals surface area contributed by atoms with Gasteiger partial charge in [-0.05, 0) is 58.7 Å². The van der Waals surface area contributed by atoms with Crippen LogP contribution in [0.5, 0.6) is 11.5 Å². The molecule has 0 unspecified atom stereocenters. The molecule has 5 rings (SSSR count). The van der Waals surface area contributed by atoms with Crippen LogP contribution >= 0.6 is 0 Å². The van der Waals surface area contributed by atoms with Crippen molar-refractivity contribution in [1.82, 2.24) is 25.4 Å². The van der Waals surface area contributed by atoms with Gasteiger partial charge in [-0.15, -0.1) is 0 Å². The fourth-order valence-corrected chi connectivity index (χ4v) is 5.42. The van der Waals surface area contributed by atoms with Crippen LogP contribution in [0.4, 0.5) is 5.82 Å². The Balaban J connectivity index is 1.49. The first-order valence-electron chi connectivity index (χ1n) is 13.0. The lowest BCUT2D eigenvalue weighted by atomic mass is 9.90. The van der Waals surface area contributed by atoms with Crippen LogP contribution in [0.3, 0.4) is 0 Å². The van der Waals surface area contributed by atoms with Gasteiger partial charge in [0.1, 0.15) is 23.7 Å². The molecule has 1 aliphatic heterocycles. The van der Waals surface area contributed by atoms with E-state index in [9.17, 15) is 10.4 Å². The number of H-pyrrole nitrogens is 1. The van der Waals surface area contributed by atoms with E-state index in [4.69, 9.17) is 9.47 Å². The quantitative estimate of drug-likeness (QED) is 0.352. The zero-order valence-corrected chi connectivity index (χ0v) is 23.1. The Morgan fingerprint density at radius 3 is 2.67 bits per heavy atom. The minimum absolute atomic E-state index is 0.118. The lowest BCUT2D eigenvalue weighted by Crippen LogP contribution is -2.33. The van der Waals surface area contributed by atoms with Gasteiger partial charge < -0.3 is 19.5 Å². The molecule has 10 nitrogen and oxygen atoms in total. The number of methoxy groups -OCH3 is 1. The van der Waals surface area contributed by atoms with E-state index in [1.165, 1.54) is 0 Å². The third kappa shape index (κ3) is 4.98. The lowest BCUT2D eigenvalue weighted by Gasteiger charge is -2.26. The Labute approximate surface area is 227 Å². The van der Waals surface area contributed by atoms with Gasteiger partial charge in [0.25, 0.3) is 0 Å². The van der Waals surface area contributed by atoms with Crippen molar-refractivity contribution in [3.63, 3.8) is 0 Å². The maximum absolute atomic E-state index is 10.4. The summed E-state index contributed by atoms with van der Waals surface area (Å²) >= 11 is 0. The molecular weight excluding hydrogens is 494 g/mol. The predicted molar refractivity (Wildman–Crippen MR) is 148 cm³/mol. The van der Waals surface area contributed by atoms with Crippen molar-refractivity contribution in [2.75, 3.05) is 25.1 Å². The van der Waals surface area contributed by atoms with Crippen molar-refractivity contribution in [2.45, 2.75) is 52.7 Å². The molecule has 10 heteroatoms. The number of pyridine rings is 1. The highest BCUT2D eigenvalue weighted by Gasteiger charge is 2.35. The molecule has 0 radical (unpaired) electrons. The summed E-state index contributed by atoms with van der Waals surface area (Å²) in [6.07, 6.45) is 4.03. The van der Waals surface area contributed by atoms with E-state index in [0.29, 0.717) is 40.7 Å². The molecule has 1 saturated heterocycles. The van der Waals surface area contributed by atoms with Crippen LogP contribution in [0, 0.1) is 31.1 Å². The number of nitrogens with one attached hydrogen (secondary N) is 1. The Morgan fingerprint density at radius 2 is 2.00 bits per heavy atom. The van der Waals surface area contributed by atoms with Crippen LogP contribution in [-0.2, 0) is 0 Å². The van der Waals surface area contributed by atoms with E-state index in [1.807, 2.05) is 52.8 Å². The van der Waals surface area contributed by atoms with E-state index in [2.05, 4.69) is 36.3 Å². The molecule has 4 heterocycles. The number of benzene rings is 1. The first kappa shape index (κ1) is 26.4. The highest BCUT2D eigenvalue weighted by atomic mass is 16.5. The van der Waals surface area contributed by atoms with E-state index in [-0.39, 0.29) is 12.0 Å². The molecule has 2 atom stereocenters. The van der Waals surface area contributed by atoms with E-state index in [0.717, 1.165) is 40.7 Å². The minimum Gasteiger partial charge on any atom is -0.493 e. The number of ether oxygens (including phenoxy) is 2. The maximum atomic E-state index is 10.4. The summed E-state index contributed by atoms with van der Waals surface area (Å²) in [7, 11) is 1.60. The van der Waals surface area contributed by atoms with Crippen LogP contribution in [0.15, 0.2) is 30.6 Å². The number of nitrogens with zero attached hydrogens (tertiary/aromatic N) is 6. The monoisotopic (exact) mass is 527 g/mol. The Hall–Kier alpha value is -4.23. The van der Waals surface area contributed by atoms with E-state index in [1.54, 1.807) is 19.5 Å². The second-order valence-corrected chi connectivity index (χ2v) is 10.7. The molecule has 0 spiro atoms. The first-order chi connectivity index (χ1) is 18.6. The highest BCUT2D eigenvalue weighted by Crippen LogP contribution is 2.39. The van der Waals surface area contributed by atoms with Crippen LogP contribution in [-0.4, -0.2) is 56.3 Å². The Bertz CT molecular complexity index is 1550. The number of hydrogen-bond acceptors (Lipinski definition) is 9. The van der Waals surface area contributed by atoms with Crippen molar-refractivity contribution in [3.8, 4) is 28.8 Å². The number of aryl methyl sites for hydroxylation is 2. The predicted octanol–water partition coefficient (Wildman–Crippen LogP) is 4.65. The maximum Gasteiger partial charge on any atom is 0.162 e. The summed E-state index contributed by atoms with van der Waals surface area (Å²) in [5, 5.41) is 37.0. The van der Waals surface area contributed by atoms with E-state index >= 15 is 0 Å². The molecule has 0 bridgehead atoms.